The lowest BCUT2D eigenvalue weighted by Gasteiger charge is -2.31. The van der Waals surface area contributed by atoms with Crippen molar-refractivity contribution in [2.45, 2.75) is 26.4 Å². The summed E-state index contributed by atoms with van der Waals surface area (Å²) >= 11 is 2.22. The largest absolute Gasteiger partial charge is 0.456 e. The van der Waals surface area contributed by atoms with Crippen LogP contribution in [0, 0.1) is 0 Å². The predicted molar refractivity (Wildman–Crippen MR) is 130 cm³/mol. The molecule has 3 aromatic carbocycles. The Labute approximate surface area is 181 Å². The number of rotatable bonds is 4. The minimum absolute atomic E-state index is 0.252. The zero-order chi connectivity index (χ0) is 20.2. The second-order valence-corrected chi connectivity index (χ2v) is 12.7. The van der Waals surface area contributed by atoms with Gasteiger partial charge in [0.25, 0.3) is 0 Å². The van der Waals surface area contributed by atoms with E-state index < -0.39 is 12.5 Å². The monoisotopic (exact) mass is 502 g/mol. The van der Waals surface area contributed by atoms with Crippen LogP contribution >= 0.6 is 29.5 Å². The molecule has 144 valence electrons. The molecule has 0 radical (unpaired) electrons. The zero-order valence-corrected chi connectivity index (χ0v) is 19.4. The number of benzene rings is 3. The molecule has 0 saturated heterocycles. The topological polar surface area (TPSA) is 26.3 Å². The number of hydrogen-bond donors (Lipinski definition) is 0. The van der Waals surface area contributed by atoms with Crippen LogP contribution in [0.25, 0.3) is 0 Å². The second-order valence-electron chi connectivity index (χ2n) is 7.47. The van der Waals surface area contributed by atoms with Crippen molar-refractivity contribution in [2.24, 2.45) is 0 Å². The molecule has 0 fully saturated rings. The molecular formula is C24H24IO2P. The maximum absolute atomic E-state index is 13.3. The highest BCUT2D eigenvalue weighted by atomic mass is 127. The van der Waals surface area contributed by atoms with E-state index in [-0.39, 0.29) is 5.97 Å². The number of halogens is 1. The molecule has 0 aliphatic heterocycles. The first-order valence-corrected chi connectivity index (χ1v) is 12.0. The molecular weight excluding hydrogens is 478 g/mol. The van der Waals surface area contributed by atoms with E-state index in [0.717, 1.165) is 19.2 Å². The standard InChI is InChI=1S/C24H24IO2P/c1-24(2,3)27-23(26)22(25)28(19-13-7-4-8-14-19,20-15-9-5-10-16-20)21-17-11-6-12-18-21/h4-18H,1-3H3. The van der Waals surface area contributed by atoms with Crippen LogP contribution in [0.15, 0.2) is 91.0 Å². The third kappa shape index (κ3) is 4.26. The first-order chi connectivity index (χ1) is 13.4. The van der Waals surface area contributed by atoms with Crippen LogP contribution in [-0.2, 0) is 9.53 Å². The summed E-state index contributed by atoms with van der Waals surface area (Å²) in [6.45, 7) is 3.36. The fourth-order valence-electron chi connectivity index (χ4n) is 3.20. The smallest absolute Gasteiger partial charge is 0.345 e. The highest BCUT2D eigenvalue weighted by Gasteiger charge is 2.33. The molecule has 0 aliphatic rings. The Kier molecular flexibility index (Phi) is 6.47. The summed E-state index contributed by atoms with van der Waals surface area (Å²) in [7, 11) is 0. The molecule has 2 nitrogen and oxygen atoms in total. The van der Waals surface area contributed by atoms with Gasteiger partial charge in [-0.3, -0.25) is 0 Å². The molecule has 0 atom stereocenters. The van der Waals surface area contributed by atoms with E-state index in [1.165, 1.54) is 0 Å². The molecule has 0 aromatic heterocycles. The quantitative estimate of drug-likeness (QED) is 0.289. The first-order valence-electron chi connectivity index (χ1n) is 9.18. The van der Waals surface area contributed by atoms with Crippen molar-refractivity contribution < 1.29 is 9.53 Å². The summed E-state index contributed by atoms with van der Waals surface area (Å²) in [5, 5.41) is 3.42. The van der Waals surface area contributed by atoms with E-state index >= 15 is 0 Å². The summed E-state index contributed by atoms with van der Waals surface area (Å²) in [6, 6.07) is 31.0. The summed E-state index contributed by atoms with van der Waals surface area (Å²) in [4.78, 5) is 13.3. The number of ether oxygens (including phenoxy) is 1. The van der Waals surface area contributed by atoms with Crippen molar-refractivity contribution in [2.75, 3.05) is 0 Å². The first kappa shape index (κ1) is 20.9. The van der Waals surface area contributed by atoms with Crippen molar-refractivity contribution in [1.29, 1.82) is 0 Å². The average Bonchev–Trinajstić information content (AvgIpc) is 2.70. The molecule has 0 unspecified atom stereocenters. The zero-order valence-electron chi connectivity index (χ0n) is 16.3. The molecule has 0 saturated carbocycles. The van der Waals surface area contributed by atoms with Gasteiger partial charge < -0.3 is 4.74 Å². The van der Waals surface area contributed by atoms with Crippen LogP contribution in [0.1, 0.15) is 20.8 Å². The lowest BCUT2D eigenvalue weighted by Crippen LogP contribution is -2.34. The highest BCUT2D eigenvalue weighted by Crippen LogP contribution is 2.48. The second kappa shape index (κ2) is 8.67. The van der Waals surface area contributed by atoms with Crippen molar-refractivity contribution in [3.63, 3.8) is 0 Å². The summed E-state index contributed by atoms with van der Waals surface area (Å²) in [6.07, 6.45) is 0. The maximum atomic E-state index is 13.3. The third-order valence-corrected chi connectivity index (χ3v) is 10.9. The van der Waals surface area contributed by atoms with Crippen LogP contribution in [0.4, 0.5) is 0 Å². The Hall–Kier alpha value is -1.84. The number of hydrogen-bond acceptors (Lipinski definition) is 2. The van der Waals surface area contributed by atoms with Gasteiger partial charge in [0, 0.05) is 0 Å². The molecule has 28 heavy (non-hydrogen) atoms. The Morgan fingerprint density at radius 3 is 1.32 bits per heavy atom. The number of carbonyl (C=O) groups excluding carboxylic acids is 1. The SMILES string of the molecule is CC(C)(C)OC(=O)C(I)=P(c1ccccc1)(c1ccccc1)c1ccccc1. The van der Waals surface area contributed by atoms with Gasteiger partial charge in [0.05, 0.1) is 0 Å². The molecule has 0 aliphatic carbocycles. The van der Waals surface area contributed by atoms with Crippen molar-refractivity contribution >= 4 is 54.7 Å². The minimum atomic E-state index is -2.36. The fraction of sp³-hybridized carbons (Fsp3) is 0.167. The van der Waals surface area contributed by atoms with Crippen molar-refractivity contribution in [3.05, 3.63) is 91.0 Å². The van der Waals surface area contributed by atoms with Gasteiger partial charge in [-0.15, -0.1) is 0 Å². The van der Waals surface area contributed by atoms with Crippen molar-refractivity contribution in [3.8, 4) is 0 Å². The Morgan fingerprint density at radius 1 is 0.714 bits per heavy atom. The highest BCUT2D eigenvalue weighted by molar-refractivity contribution is 14.1. The van der Waals surface area contributed by atoms with Gasteiger partial charge in [0.15, 0.2) is 0 Å². The molecule has 3 rings (SSSR count). The van der Waals surface area contributed by atoms with Crippen LogP contribution in [0.5, 0.6) is 0 Å². The fourth-order valence-corrected chi connectivity index (χ4v) is 9.57. The molecule has 4 heteroatoms. The Morgan fingerprint density at radius 2 is 1.04 bits per heavy atom. The van der Waals surface area contributed by atoms with Gasteiger partial charge >= 0.3 is 5.97 Å². The predicted octanol–water partition coefficient (Wildman–Crippen LogP) is 4.89. The molecule has 0 heterocycles. The van der Waals surface area contributed by atoms with Crippen LogP contribution in [0.2, 0.25) is 0 Å². The van der Waals surface area contributed by atoms with E-state index in [9.17, 15) is 4.79 Å². The Bertz CT molecular complexity index is 888. The van der Waals surface area contributed by atoms with Gasteiger partial charge in [-0.05, 0) is 66.2 Å². The van der Waals surface area contributed by atoms with Gasteiger partial charge in [0.1, 0.15) is 8.90 Å². The normalized spacial score (nSPS) is 11.7. The summed E-state index contributed by atoms with van der Waals surface area (Å²) in [5.74, 6) is -0.252. The van der Waals surface area contributed by atoms with Crippen LogP contribution in [-0.4, -0.2) is 14.9 Å². The van der Waals surface area contributed by atoms with E-state index in [0.29, 0.717) is 0 Å². The molecule has 0 spiro atoms. The summed E-state index contributed by atoms with van der Waals surface area (Å²) < 4.78 is 6.54. The van der Waals surface area contributed by atoms with Gasteiger partial charge in [-0.1, -0.05) is 91.0 Å². The Balaban J connectivity index is 2.45. The van der Waals surface area contributed by atoms with Crippen LogP contribution < -0.4 is 15.9 Å². The van der Waals surface area contributed by atoms with Gasteiger partial charge in [-0.2, -0.15) is 0 Å². The molecule has 0 bridgehead atoms. The molecule has 3 aromatic rings. The molecule has 0 amide bonds. The lowest BCUT2D eigenvalue weighted by molar-refractivity contribution is -0.145. The van der Waals surface area contributed by atoms with Crippen LogP contribution in [0.3, 0.4) is 0 Å². The van der Waals surface area contributed by atoms with E-state index in [1.807, 2.05) is 75.4 Å². The molecule has 0 N–H and O–H groups in total. The summed E-state index contributed by atoms with van der Waals surface area (Å²) in [5.41, 5.74) is -0.548. The van der Waals surface area contributed by atoms with Gasteiger partial charge in [-0.25, -0.2) is 4.79 Å². The maximum Gasteiger partial charge on any atom is 0.345 e. The minimum Gasteiger partial charge on any atom is -0.456 e. The van der Waals surface area contributed by atoms with Crippen molar-refractivity contribution in [1.82, 2.24) is 0 Å². The number of esters is 1. The third-order valence-electron chi connectivity index (χ3n) is 4.29. The van der Waals surface area contributed by atoms with E-state index in [2.05, 4.69) is 59.0 Å². The van der Waals surface area contributed by atoms with E-state index in [4.69, 9.17) is 4.74 Å². The van der Waals surface area contributed by atoms with E-state index in [1.54, 1.807) is 0 Å². The average molecular weight is 502 g/mol. The number of carbonyl (C=O) groups is 1. The van der Waals surface area contributed by atoms with Gasteiger partial charge in [0.2, 0.25) is 0 Å². The lowest BCUT2D eigenvalue weighted by atomic mass is 10.2.